The van der Waals surface area contributed by atoms with Gasteiger partial charge in [-0.1, -0.05) is 158 Å². The maximum Gasteiger partial charge on any atom is 0.159 e. The van der Waals surface area contributed by atoms with Crippen LogP contribution in [0.3, 0.4) is 0 Å². The second-order valence-corrected chi connectivity index (χ2v) is 16.2. The molecule has 62 heavy (non-hydrogen) atoms. The van der Waals surface area contributed by atoms with Gasteiger partial charge in [-0.3, -0.25) is 0 Å². The molecule has 290 valence electrons. The smallest absolute Gasteiger partial charge is 0.159 e. The second-order valence-electron chi connectivity index (χ2n) is 16.2. The summed E-state index contributed by atoms with van der Waals surface area (Å²) in [6.45, 7) is 0. The second kappa shape index (κ2) is 13.6. The fourth-order valence-corrected chi connectivity index (χ4v) is 9.72. The first-order valence-corrected chi connectivity index (χ1v) is 21.1. The summed E-state index contributed by atoms with van der Waals surface area (Å²) in [5.41, 5.74) is 10.1. The number of para-hydroxylation sites is 2. The van der Waals surface area contributed by atoms with Gasteiger partial charge in [-0.2, -0.15) is 0 Å². The molecule has 2 aromatic heterocycles. The number of nitrogens with zero attached hydrogens (tertiary/aromatic N) is 3. The summed E-state index contributed by atoms with van der Waals surface area (Å²) in [4.78, 5) is 10.9. The van der Waals surface area contributed by atoms with Crippen molar-refractivity contribution in [1.82, 2.24) is 9.88 Å². The summed E-state index contributed by atoms with van der Waals surface area (Å²) in [7, 11) is 0. The molecule has 3 heterocycles. The highest BCUT2D eigenvalue weighted by Gasteiger charge is 2.26. The van der Waals surface area contributed by atoms with Crippen molar-refractivity contribution in [2.24, 2.45) is 9.98 Å². The van der Waals surface area contributed by atoms with Crippen LogP contribution in [0, 0.1) is 0 Å². The van der Waals surface area contributed by atoms with Crippen LogP contribution in [-0.2, 0) is 0 Å². The zero-order valence-electron chi connectivity index (χ0n) is 33.5. The Morgan fingerprint density at radius 1 is 0.419 bits per heavy atom. The fraction of sp³-hybridized carbons (Fsp3) is 0.0175. The van der Waals surface area contributed by atoms with E-state index in [-0.39, 0.29) is 0 Å². The Morgan fingerprint density at radius 3 is 1.94 bits per heavy atom. The van der Waals surface area contributed by atoms with Crippen LogP contribution in [0.15, 0.2) is 221 Å². The normalized spacial score (nSPS) is 14.3. The lowest BCUT2D eigenvalue weighted by atomic mass is 9.95. The van der Waals surface area contributed by atoms with Gasteiger partial charge in [0.2, 0.25) is 0 Å². The number of furan rings is 1. The molecule has 13 rings (SSSR count). The SMILES string of the molecule is c1ccc(-c2cccc(C3=NC(c4cc5ccccc5c5ccccc45)NC(c4cc(-n5c6ccccc6c6cc7ccccc7cc65)c5c(c4)oc4ccccc45)=N3)c2)cc1. The summed E-state index contributed by atoms with van der Waals surface area (Å²) in [5, 5.41) is 15.5. The lowest BCUT2D eigenvalue weighted by Crippen LogP contribution is -2.33. The predicted molar refractivity (Wildman–Crippen MR) is 258 cm³/mol. The Balaban J connectivity index is 1.08. The number of amidine groups is 2. The van der Waals surface area contributed by atoms with E-state index in [1.165, 1.54) is 37.7 Å². The minimum absolute atomic E-state index is 0.443. The summed E-state index contributed by atoms with van der Waals surface area (Å²) >= 11 is 0. The molecule has 5 heteroatoms. The molecule has 12 aromatic rings. The third-order valence-corrected chi connectivity index (χ3v) is 12.6. The van der Waals surface area contributed by atoms with Gasteiger partial charge in [0.25, 0.3) is 0 Å². The molecule has 0 saturated heterocycles. The Labute approximate surface area is 356 Å². The Bertz CT molecular complexity index is 3850. The fourth-order valence-electron chi connectivity index (χ4n) is 9.72. The number of hydrogen-bond acceptors (Lipinski definition) is 4. The average Bonchev–Trinajstić information content (AvgIpc) is 3.88. The Morgan fingerprint density at radius 2 is 1.08 bits per heavy atom. The highest BCUT2D eigenvalue weighted by Crippen LogP contribution is 2.41. The summed E-state index contributed by atoms with van der Waals surface area (Å²) < 4.78 is 9.20. The van der Waals surface area contributed by atoms with Crippen LogP contribution in [0.4, 0.5) is 0 Å². The Hall–Kier alpha value is -8.28. The topological polar surface area (TPSA) is 54.8 Å². The first-order valence-electron chi connectivity index (χ1n) is 21.1. The van der Waals surface area contributed by atoms with Crippen molar-refractivity contribution >= 4 is 87.7 Å². The van der Waals surface area contributed by atoms with E-state index >= 15 is 0 Å². The highest BCUT2D eigenvalue weighted by atomic mass is 16.3. The zero-order chi connectivity index (χ0) is 40.7. The molecular formula is C57H36N4O. The van der Waals surface area contributed by atoms with E-state index in [2.05, 4.69) is 204 Å². The molecule has 0 radical (unpaired) electrons. The maximum absolute atomic E-state index is 6.78. The van der Waals surface area contributed by atoms with E-state index in [4.69, 9.17) is 14.4 Å². The van der Waals surface area contributed by atoms with Gasteiger partial charge in [0, 0.05) is 32.8 Å². The van der Waals surface area contributed by atoms with Gasteiger partial charge < -0.3 is 14.3 Å². The third kappa shape index (κ3) is 5.42. The molecule has 0 spiro atoms. The number of aromatic nitrogens is 1. The predicted octanol–water partition coefficient (Wildman–Crippen LogP) is 14.3. The van der Waals surface area contributed by atoms with Crippen LogP contribution in [0.5, 0.6) is 0 Å². The van der Waals surface area contributed by atoms with E-state index in [1.807, 2.05) is 12.1 Å². The van der Waals surface area contributed by atoms with Gasteiger partial charge in [0.05, 0.1) is 22.1 Å². The summed E-state index contributed by atoms with van der Waals surface area (Å²) in [6, 6.07) is 73.4. The number of fused-ring (bicyclic) bond motifs is 10. The van der Waals surface area contributed by atoms with Crippen molar-refractivity contribution in [1.29, 1.82) is 0 Å². The molecule has 1 N–H and O–H groups in total. The van der Waals surface area contributed by atoms with Gasteiger partial charge in [-0.15, -0.1) is 0 Å². The van der Waals surface area contributed by atoms with E-state index in [0.29, 0.717) is 5.84 Å². The van der Waals surface area contributed by atoms with Crippen LogP contribution in [0.2, 0.25) is 0 Å². The minimum Gasteiger partial charge on any atom is -0.456 e. The number of nitrogens with one attached hydrogen (secondary N) is 1. The van der Waals surface area contributed by atoms with E-state index in [0.717, 1.165) is 77.7 Å². The first-order chi connectivity index (χ1) is 30.7. The van der Waals surface area contributed by atoms with Crippen molar-refractivity contribution in [2.45, 2.75) is 6.17 Å². The van der Waals surface area contributed by atoms with Gasteiger partial charge in [-0.25, -0.2) is 9.98 Å². The molecular weight excluding hydrogens is 757 g/mol. The molecule has 1 aliphatic heterocycles. The maximum atomic E-state index is 6.78. The van der Waals surface area contributed by atoms with Crippen LogP contribution in [-0.4, -0.2) is 16.2 Å². The molecule has 5 nitrogen and oxygen atoms in total. The molecule has 1 atom stereocenters. The number of hydrogen-bond donors (Lipinski definition) is 1. The number of rotatable bonds is 5. The van der Waals surface area contributed by atoms with Crippen LogP contribution < -0.4 is 5.32 Å². The molecule has 1 unspecified atom stereocenters. The van der Waals surface area contributed by atoms with Crippen LogP contribution >= 0.6 is 0 Å². The molecule has 1 aliphatic rings. The van der Waals surface area contributed by atoms with Crippen molar-refractivity contribution in [3.63, 3.8) is 0 Å². The number of benzene rings is 10. The van der Waals surface area contributed by atoms with Crippen molar-refractivity contribution in [2.75, 3.05) is 0 Å². The number of aliphatic imine (C=N–C) groups is 2. The molecule has 0 saturated carbocycles. The van der Waals surface area contributed by atoms with Gasteiger partial charge >= 0.3 is 0 Å². The molecule has 0 fully saturated rings. The van der Waals surface area contributed by atoms with Gasteiger partial charge in [0.1, 0.15) is 23.2 Å². The molecule has 0 bridgehead atoms. The average molecular weight is 793 g/mol. The van der Waals surface area contributed by atoms with E-state index < -0.39 is 6.17 Å². The van der Waals surface area contributed by atoms with Crippen molar-refractivity contribution in [3.05, 3.63) is 223 Å². The standard InChI is InChI=1S/C57H36N4O/c1-2-15-35(16-3-1)36-20-14-21-40(29-36)55-58-56(60-57(59-55)48-31-39-19-6-7-22-42(39)43-23-8-9-24-44(43)48)41-33-51(54-46-26-11-13-28-52(46)62-53(54)34-41)61-49-27-12-10-25-45(49)47-30-37-17-4-5-18-38(37)32-50(47)61/h1-34,57H,(H,58,59,60). The largest absolute Gasteiger partial charge is 0.456 e. The van der Waals surface area contributed by atoms with E-state index in [1.54, 1.807) is 0 Å². The van der Waals surface area contributed by atoms with Crippen molar-refractivity contribution in [3.8, 4) is 16.8 Å². The lowest BCUT2D eigenvalue weighted by Gasteiger charge is -2.26. The summed E-state index contributed by atoms with van der Waals surface area (Å²) in [5.74, 6) is 1.38. The van der Waals surface area contributed by atoms with Gasteiger partial charge in [-0.05, 0) is 92.0 Å². The zero-order valence-corrected chi connectivity index (χ0v) is 33.5. The minimum atomic E-state index is -0.443. The molecule has 0 aliphatic carbocycles. The highest BCUT2D eigenvalue weighted by molar-refractivity contribution is 6.20. The monoisotopic (exact) mass is 792 g/mol. The van der Waals surface area contributed by atoms with E-state index in [9.17, 15) is 0 Å². The quantitative estimate of drug-likeness (QED) is 0.177. The van der Waals surface area contributed by atoms with Gasteiger partial charge in [0.15, 0.2) is 5.84 Å². The van der Waals surface area contributed by atoms with Crippen molar-refractivity contribution < 1.29 is 4.42 Å². The van der Waals surface area contributed by atoms with Crippen LogP contribution in [0.1, 0.15) is 22.9 Å². The first kappa shape index (κ1) is 34.6. The molecule has 0 amide bonds. The van der Waals surface area contributed by atoms with Crippen LogP contribution in [0.25, 0.3) is 92.9 Å². The third-order valence-electron chi connectivity index (χ3n) is 12.6. The molecule has 10 aromatic carbocycles. The Kier molecular flexibility index (Phi) is 7.60. The summed E-state index contributed by atoms with van der Waals surface area (Å²) in [6.07, 6.45) is -0.443. The lowest BCUT2D eigenvalue weighted by molar-refractivity contribution is 0.667.